The minimum absolute atomic E-state index is 0.127. The van der Waals surface area contributed by atoms with E-state index in [1.165, 1.54) is 11.8 Å². The molecule has 0 aliphatic carbocycles. The fourth-order valence-electron chi connectivity index (χ4n) is 2.93. The van der Waals surface area contributed by atoms with Crippen LogP contribution in [-0.2, 0) is 4.79 Å². The van der Waals surface area contributed by atoms with Crippen LogP contribution in [0.15, 0.2) is 65.1 Å². The number of nitrogens with zero attached hydrogens (tertiary/aromatic N) is 3. The second-order valence-corrected chi connectivity index (χ2v) is 9.24. The maximum atomic E-state index is 12.5. The number of thiophene rings is 1. The van der Waals surface area contributed by atoms with Gasteiger partial charge < -0.3 is 10.1 Å². The lowest BCUT2D eigenvalue weighted by Gasteiger charge is -2.11. The molecule has 6 nitrogen and oxygen atoms in total. The van der Waals surface area contributed by atoms with Crippen molar-refractivity contribution in [3.05, 3.63) is 70.0 Å². The van der Waals surface area contributed by atoms with Crippen LogP contribution in [-0.4, -0.2) is 33.0 Å². The molecule has 0 unspecified atom stereocenters. The molecular formula is C22H18Cl2N4O2S2. The smallest absolute Gasteiger partial charge is 0.234 e. The van der Waals surface area contributed by atoms with Crippen LogP contribution in [0.5, 0.6) is 5.75 Å². The molecule has 2 aromatic carbocycles. The number of rotatable bonds is 8. The number of carbonyl (C=O) groups is 1. The zero-order chi connectivity index (χ0) is 22.5. The monoisotopic (exact) mass is 504 g/mol. The molecule has 10 heteroatoms. The number of hydrogen-bond acceptors (Lipinski definition) is 6. The first-order valence-corrected chi connectivity index (χ1v) is 12.3. The maximum absolute atomic E-state index is 12.5. The molecule has 0 aliphatic rings. The predicted molar refractivity (Wildman–Crippen MR) is 132 cm³/mol. The molecule has 0 saturated carbocycles. The van der Waals surface area contributed by atoms with Gasteiger partial charge in [0, 0.05) is 5.02 Å². The van der Waals surface area contributed by atoms with Gasteiger partial charge in [-0.3, -0.25) is 9.36 Å². The molecule has 0 aliphatic heterocycles. The van der Waals surface area contributed by atoms with E-state index in [9.17, 15) is 4.79 Å². The number of ether oxygens (including phenoxy) is 1. The van der Waals surface area contributed by atoms with Gasteiger partial charge in [-0.05, 0) is 60.8 Å². The average molecular weight is 505 g/mol. The van der Waals surface area contributed by atoms with Crippen LogP contribution >= 0.6 is 46.3 Å². The molecule has 0 spiro atoms. The molecule has 0 fully saturated rings. The molecule has 32 heavy (non-hydrogen) atoms. The molecule has 0 saturated heterocycles. The van der Waals surface area contributed by atoms with E-state index < -0.39 is 0 Å². The number of aromatic nitrogens is 3. The molecule has 4 rings (SSSR count). The summed E-state index contributed by atoms with van der Waals surface area (Å²) in [6, 6.07) is 16.6. The van der Waals surface area contributed by atoms with Crippen molar-refractivity contribution in [2.75, 3.05) is 17.7 Å². The highest BCUT2D eigenvalue weighted by molar-refractivity contribution is 7.99. The van der Waals surface area contributed by atoms with Crippen molar-refractivity contribution in [3.8, 4) is 22.1 Å². The van der Waals surface area contributed by atoms with E-state index in [1.54, 1.807) is 29.5 Å². The summed E-state index contributed by atoms with van der Waals surface area (Å²) in [6.45, 7) is 2.54. The third-order valence-corrected chi connectivity index (χ3v) is 6.68. The van der Waals surface area contributed by atoms with Crippen molar-refractivity contribution in [1.29, 1.82) is 0 Å². The average Bonchev–Trinajstić information content (AvgIpc) is 3.45. The van der Waals surface area contributed by atoms with Gasteiger partial charge in [-0.1, -0.05) is 41.0 Å². The van der Waals surface area contributed by atoms with Gasteiger partial charge >= 0.3 is 0 Å². The Bertz CT molecular complexity index is 1210. The molecular weight excluding hydrogens is 487 g/mol. The number of carbonyl (C=O) groups excluding carboxylic acids is 1. The summed E-state index contributed by atoms with van der Waals surface area (Å²) in [6.07, 6.45) is 0. The van der Waals surface area contributed by atoms with Gasteiger partial charge in [-0.25, -0.2) is 0 Å². The van der Waals surface area contributed by atoms with Crippen molar-refractivity contribution in [2.45, 2.75) is 12.1 Å². The summed E-state index contributed by atoms with van der Waals surface area (Å²) in [5.74, 6) is 1.40. The number of thioether (sulfide) groups is 1. The van der Waals surface area contributed by atoms with Crippen LogP contribution in [0.4, 0.5) is 5.69 Å². The quantitative estimate of drug-likeness (QED) is 0.280. The van der Waals surface area contributed by atoms with E-state index in [4.69, 9.17) is 27.9 Å². The molecule has 1 amide bonds. The van der Waals surface area contributed by atoms with Crippen LogP contribution < -0.4 is 10.1 Å². The second kappa shape index (κ2) is 10.4. The van der Waals surface area contributed by atoms with E-state index in [2.05, 4.69) is 15.5 Å². The predicted octanol–water partition coefficient (Wildman–Crippen LogP) is 6.43. The first-order chi connectivity index (χ1) is 15.5. The zero-order valence-electron chi connectivity index (χ0n) is 16.9. The topological polar surface area (TPSA) is 69.0 Å². The summed E-state index contributed by atoms with van der Waals surface area (Å²) in [5, 5.41) is 15.0. The Morgan fingerprint density at radius 1 is 1.16 bits per heavy atom. The molecule has 0 bridgehead atoms. The minimum Gasteiger partial charge on any atom is -0.494 e. The van der Waals surface area contributed by atoms with E-state index in [0.29, 0.717) is 33.3 Å². The van der Waals surface area contributed by atoms with Gasteiger partial charge in [-0.15, -0.1) is 21.5 Å². The van der Waals surface area contributed by atoms with Crippen molar-refractivity contribution in [3.63, 3.8) is 0 Å². The number of benzene rings is 2. The van der Waals surface area contributed by atoms with Crippen LogP contribution in [0.1, 0.15) is 6.92 Å². The minimum atomic E-state index is -0.224. The van der Waals surface area contributed by atoms with E-state index >= 15 is 0 Å². The molecule has 0 radical (unpaired) electrons. The first-order valence-electron chi connectivity index (χ1n) is 9.65. The van der Waals surface area contributed by atoms with Crippen LogP contribution in [0.3, 0.4) is 0 Å². The third kappa shape index (κ3) is 5.27. The van der Waals surface area contributed by atoms with Gasteiger partial charge in [0.25, 0.3) is 0 Å². The highest BCUT2D eigenvalue weighted by Crippen LogP contribution is 2.31. The lowest BCUT2D eigenvalue weighted by molar-refractivity contribution is -0.113. The molecule has 4 aromatic rings. The summed E-state index contributed by atoms with van der Waals surface area (Å²) < 4.78 is 7.48. The lowest BCUT2D eigenvalue weighted by Crippen LogP contribution is -2.15. The highest BCUT2D eigenvalue weighted by atomic mass is 35.5. The van der Waals surface area contributed by atoms with Crippen molar-refractivity contribution >= 4 is 57.9 Å². The Labute approximate surface area is 203 Å². The van der Waals surface area contributed by atoms with E-state index in [1.807, 2.05) is 53.3 Å². The van der Waals surface area contributed by atoms with Gasteiger partial charge in [0.1, 0.15) is 5.75 Å². The summed E-state index contributed by atoms with van der Waals surface area (Å²) in [5.41, 5.74) is 1.35. The summed E-state index contributed by atoms with van der Waals surface area (Å²) in [7, 11) is 0. The standard InChI is InChI=1S/C22H18Cl2N4O2S2/c1-2-30-16-8-6-15(7-9-16)28-21(19-4-3-11-31-19)26-27-22(28)32-13-20(29)25-18-12-14(23)5-10-17(18)24/h3-12H,2,13H2,1H3,(H,25,29). The van der Waals surface area contributed by atoms with Crippen molar-refractivity contribution in [1.82, 2.24) is 14.8 Å². The fourth-order valence-corrected chi connectivity index (χ4v) is 4.72. The third-order valence-electron chi connectivity index (χ3n) is 4.32. The fraction of sp³-hybridized carbons (Fsp3) is 0.136. The Morgan fingerprint density at radius 2 is 1.97 bits per heavy atom. The van der Waals surface area contributed by atoms with Gasteiger partial charge in [0.15, 0.2) is 11.0 Å². The Kier molecular flexibility index (Phi) is 7.36. The van der Waals surface area contributed by atoms with Crippen molar-refractivity contribution in [2.24, 2.45) is 0 Å². The largest absolute Gasteiger partial charge is 0.494 e. The normalized spacial score (nSPS) is 10.8. The Hall–Kier alpha value is -2.52. The molecule has 1 N–H and O–H groups in total. The maximum Gasteiger partial charge on any atom is 0.234 e. The van der Waals surface area contributed by atoms with E-state index in [0.717, 1.165) is 16.3 Å². The van der Waals surface area contributed by atoms with Gasteiger partial charge in [-0.2, -0.15) is 0 Å². The molecule has 0 atom stereocenters. The molecule has 2 aromatic heterocycles. The van der Waals surface area contributed by atoms with E-state index in [-0.39, 0.29) is 11.7 Å². The summed E-state index contributed by atoms with van der Waals surface area (Å²) >= 11 is 15.0. The zero-order valence-corrected chi connectivity index (χ0v) is 20.1. The number of halogens is 2. The SMILES string of the molecule is CCOc1ccc(-n2c(SCC(=O)Nc3cc(Cl)ccc3Cl)nnc2-c2cccs2)cc1. The van der Waals surface area contributed by atoms with Gasteiger partial charge in [0.05, 0.1) is 33.6 Å². The molecule has 2 heterocycles. The van der Waals surface area contributed by atoms with Gasteiger partial charge in [0.2, 0.25) is 5.91 Å². The van der Waals surface area contributed by atoms with Crippen LogP contribution in [0.25, 0.3) is 16.4 Å². The first kappa shape index (κ1) is 22.7. The second-order valence-electron chi connectivity index (χ2n) is 6.51. The van der Waals surface area contributed by atoms with Crippen LogP contribution in [0, 0.1) is 0 Å². The number of hydrogen-bond donors (Lipinski definition) is 1. The number of amides is 1. The number of anilines is 1. The highest BCUT2D eigenvalue weighted by Gasteiger charge is 2.18. The van der Waals surface area contributed by atoms with Crippen molar-refractivity contribution < 1.29 is 9.53 Å². The lowest BCUT2D eigenvalue weighted by atomic mass is 10.3. The summed E-state index contributed by atoms with van der Waals surface area (Å²) in [4.78, 5) is 13.5. The van der Waals surface area contributed by atoms with Crippen LogP contribution in [0.2, 0.25) is 10.0 Å². The molecule has 164 valence electrons. The Morgan fingerprint density at radius 3 is 2.69 bits per heavy atom. The Balaban J connectivity index is 1.57. The number of nitrogens with one attached hydrogen (secondary N) is 1.